The summed E-state index contributed by atoms with van der Waals surface area (Å²) in [6, 6.07) is 13.8. The number of nitrogens with two attached hydrogens (primary N) is 2. The Balaban J connectivity index is 0.000000167. The van der Waals surface area contributed by atoms with E-state index >= 15 is 0 Å². The van der Waals surface area contributed by atoms with Gasteiger partial charge in [0.2, 0.25) is 11.2 Å². The maximum absolute atomic E-state index is 12.1. The van der Waals surface area contributed by atoms with E-state index in [9.17, 15) is 29.4 Å². The molecule has 4 aliphatic heterocycles. The minimum atomic E-state index is -1.66. The molecule has 0 bridgehead atoms. The summed E-state index contributed by atoms with van der Waals surface area (Å²) in [6.45, 7) is 1.83. The lowest BCUT2D eigenvalue weighted by molar-refractivity contribution is -0.138. The van der Waals surface area contributed by atoms with E-state index in [0.717, 1.165) is 11.4 Å². The van der Waals surface area contributed by atoms with Crippen molar-refractivity contribution >= 4 is 23.6 Å². The minimum absolute atomic E-state index is 0.184. The maximum Gasteiger partial charge on any atom is 0.269 e. The van der Waals surface area contributed by atoms with Crippen LogP contribution in [0.5, 0.6) is 11.5 Å². The fourth-order valence-electron chi connectivity index (χ4n) is 6.44. The molecule has 0 radical (unpaired) electrons. The molecule has 2 aromatic carbocycles. The van der Waals surface area contributed by atoms with Crippen LogP contribution in [0.4, 0.5) is 0 Å². The third-order valence-electron chi connectivity index (χ3n) is 9.52. The topological polar surface area (TPSA) is 221 Å². The molecule has 2 saturated heterocycles. The second-order valence-corrected chi connectivity index (χ2v) is 13.3. The Hall–Kier alpha value is -6.62. The number of likely N-dealkylation sites (tertiary alicyclic amines) is 2. The van der Waals surface area contributed by atoms with Crippen LogP contribution >= 0.6 is 0 Å². The Bertz CT molecular complexity index is 2200. The van der Waals surface area contributed by atoms with Crippen molar-refractivity contribution in [3.8, 4) is 46.6 Å². The molecule has 6 heterocycles. The number of hydrogen-bond acceptors (Lipinski definition) is 10. The predicted molar refractivity (Wildman–Crippen MR) is 191 cm³/mol. The Morgan fingerprint density at radius 3 is 1.46 bits per heavy atom. The molecule has 0 saturated carbocycles. The number of benzene rings is 2. The number of primary amides is 2. The fourth-order valence-corrected chi connectivity index (χ4v) is 6.44. The summed E-state index contributed by atoms with van der Waals surface area (Å²) in [6.07, 6.45) is 1.70. The van der Waals surface area contributed by atoms with E-state index in [1.807, 2.05) is 0 Å². The predicted octanol–water partition coefficient (Wildman–Crippen LogP) is -0.298. The van der Waals surface area contributed by atoms with Gasteiger partial charge in [0.15, 0.2) is 11.4 Å². The summed E-state index contributed by atoms with van der Waals surface area (Å²) in [7, 11) is 3.27. The maximum atomic E-state index is 12.1. The van der Waals surface area contributed by atoms with Crippen molar-refractivity contribution in [1.82, 2.24) is 29.4 Å². The van der Waals surface area contributed by atoms with Crippen LogP contribution < -0.4 is 20.9 Å². The van der Waals surface area contributed by atoms with E-state index in [1.54, 1.807) is 72.0 Å². The molecule has 16 nitrogen and oxygen atoms in total. The van der Waals surface area contributed by atoms with E-state index in [1.165, 1.54) is 9.80 Å². The molecule has 4 aliphatic rings. The van der Waals surface area contributed by atoms with Gasteiger partial charge in [0.05, 0.1) is 13.2 Å². The van der Waals surface area contributed by atoms with Crippen LogP contribution in [0.25, 0.3) is 11.4 Å². The smallest absolute Gasteiger partial charge is 0.269 e. The molecule has 0 spiro atoms. The number of hydrogen-bond donors (Lipinski definition) is 4. The highest BCUT2D eigenvalue weighted by atomic mass is 16.5. The number of carbonyl (C=O) groups is 4. The second kappa shape index (κ2) is 13.7. The van der Waals surface area contributed by atoms with Gasteiger partial charge in [0.25, 0.3) is 23.6 Å². The number of ether oxygens (including phenoxy) is 2. The molecule has 4 amide bonds. The molecule has 54 heavy (non-hydrogen) atoms. The Labute approximate surface area is 309 Å². The van der Waals surface area contributed by atoms with Gasteiger partial charge in [-0.1, -0.05) is 23.7 Å². The number of carbonyl (C=O) groups excluding carboxylic acids is 4. The van der Waals surface area contributed by atoms with Gasteiger partial charge in [-0.25, -0.2) is 9.36 Å². The van der Waals surface area contributed by atoms with Gasteiger partial charge in [-0.15, -0.1) is 0 Å². The van der Waals surface area contributed by atoms with E-state index in [4.69, 9.17) is 20.9 Å². The zero-order valence-electron chi connectivity index (χ0n) is 29.5. The van der Waals surface area contributed by atoms with Gasteiger partial charge in [0, 0.05) is 75.4 Å². The molecule has 2 fully saturated rings. The number of rotatable bonds is 2. The Kier molecular flexibility index (Phi) is 9.10. The third-order valence-corrected chi connectivity index (χ3v) is 9.52. The number of amides is 4. The lowest BCUT2D eigenvalue weighted by Crippen LogP contribution is -2.37. The average Bonchev–Trinajstić information content (AvgIpc) is 3.85. The lowest BCUT2D eigenvalue weighted by Gasteiger charge is -2.13. The first kappa shape index (κ1) is 35.8. The van der Waals surface area contributed by atoms with Crippen molar-refractivity contribution in [2.75, 3.05) is 40.4 Å². The van der Waals surface area contributed by atoms with Crippen LogP contribution in [0.15, 0.2) is 48.5 Å². The first-order chi connectivity index (χ1) is 25.7. The fraction of sp³-hybridized carbons (Fsp3) is 0.316. The van der Waals surface area contributed by atoms with E-state index in [0.29, 0.717) is 73.1 Å². The van der Waals surface area contributed by atoms with E-state index in [2.05, 4.69) is 33.9 Å². The van der Waals surface area contributed by atoms with Gasteiger partial charge in [-0.3, -0.25) is 19.2 Å². The molecule has 16 heteroatoms. The molecule has 0 aliphatic carbocycles. The van der Waals surface area contributed by atoms with Gasteiger partial charge in [0.1, 0.15) is 22.9 Å². The van der Waals surface area contributed by atoms with E-state index in [-0.39, 0.29) is 24.2 Å². The summed E-state index contributed by atoms with van der Waals surface area (Å²) in [5.74, 6) is 10.4. The van der Waals surface area contributed by atoms with Crippen LogP contribution in [0, 0.1) is 23.7 Å². The monoisotopic (exact) mass is 732 g/mol. The standard InChI is InChI=1S/2C19H18N4O4/c2*1-22-8-7-19(26,18(22)25)6-4-12-2-3-16-15(10-12)23-13(5-9-27-16)11-14(21-23)17(20)24/h2*2-3,10-11,26H,5,7-9H2,1H3,(H2,20,24)/t2*19-/m10/s1. The van der Waals surface area contributed by atoms with Crippen molar-refractivity contribution in [3.63, 3.8) is 0 Å². The molecular formula is C38H36N8O8. The SMILES string of the molecule is CN1CC[C@@](O)(C#Cc2ccc3c(c2)-n2nc(C(N)=O)cc2CCO3)C1=O.CN1CC[C@](O)(C#Cc2ccc3c(c2)-n2nc(C(N)=O)cc2CCO3)C1=O. The number of likely N-dealkylation sites (N-methyl/N-ethyl adjacent to an activating group) is 2. The molecule has 4 aromatic rings. The molecular weight excluding hydrogens is 696 g/mol. The van der Waals surface area contributed by atoms with Crippen molar-refractivity contribution < 1.29 is 38.9 Å². The highest BCUT2D eigenvalue weighted by Gasteiger charge is 2.43. The number of fused-ring (bicyclic) bond motifs is 6. The normalized spacial score (nSPS) is 20.8. The highest BCUT2D eigenvalue weighted by Crippen LogP contribution is 2.30. The molecule has 2 atom stereocenters. The molecule has 276 valence electrons. The summed E-state index contributed by atoms with van der Waals surface area (Å²) in [5, 5.41) is 29.4. The highest BCUT2D eigenvalue weighted by molar-refractivity contribution is 5.92. The quantitative estimate of drug-likeness (QED) is 0.197. The zero-order chi connectivity index (χ0) is 38.4. The molecule has 6 N–H and O–H groups in total. The zero-order valence-corrected chi connectivity index (χ0v) is 29.5. The summed E-state index contributed by atoms with van der Waals surface area (Å²) < 4.78 is 14.7. The van der Waals surface area contributed by atoms with Gasteiger partial charge in [-0.05, 0) is 48.5 Å². The van der Waals surface area contributed by atoms with Crippen molar-refractivity contribution in [1.29, 1.82) is 0 Å². The van der Waals surface area contributed by atoms with Gasteiger partial charge < -0.3 is 41.0 Å². The van der Waals surface area contributed by atoms with Gasteiger partial charge >= 0.3 is 0 Å². The third kappa shape index (κ3) is 6.71. The number of aliphatic hydroxyl groups is 2. The lowest BCUT2D eigenvalue weighted by atomic mass is 10.0. The molecule has 0 unspecified atom stereocenters. The Morgan fingerprint density at radius 2 is 1.11 bits per heavy atom. The van der Waals surface area contributed by atoms with Crippen molar-refractivity contribution in [2.24, 2.45) is 11.5 Å². The van der Waals surface area contributed by atoms with Crippen LogP contribution in [0.1, 0.15) is 56.3 Å². The largest absolute Gasteiger partial charge is 0.491 e. The minimum Gasteiger partial charge on any atom is -0.491 e. The van der Waals surface area contributed by atoms with Crippen LogP contribution in [-0.4, -0.2) is 115 Å². The van der Waals surface area contributed by atoms with Gasteiger partial charge in [-0.2, -0.15) is 10.2 Å². The second-order valence-electron chi connectivity index (χ2n) is 13.3. The summed E-state index contributed by atoms with van der Waals surface area (Å²) in [4.78, 5) is 49.9. The first-order valence-electron chi connectivity index (χ1n) is 17.1. The van der Waals surface area contributed by atoms with Crippen LogP contribution in [0.3, 0.4) is 0 Å². The summed E-state index contributed by atoms with van der Waals surface area (Å²) >= 11 is 0. The Morgan fingerprint density at radius 1 is 0.704 bits per heavy atom. The number of nitrogens with zero attached hydrogens (tertiary/aromatic N) is 6. The average molecular weight is 733 g/mol. The van der Waals surface area contributed by atoms with Crippen molar-refractivity contribution in [3.05, 3.63) is 82.4 Å². The van der Waals surface area contributed by atoms with Crippen molar-refractivity contribution in [2.45, 2.75) is 36.9 Å². The van der Waals surface area contributed by atoms with Crippen LogP contribution in [-0.2, 0) is 22.4 Å². The first-order valence-corrected chi connectivity index (χ1v) is 17.1. The number of aromatic nitrogens is 4. The molecule has 8 rings (SSSR count). The summed E-state index contributed by atoms with van der Waals surface area (Å²) in [5.41, 5.74) is 11.8. The molecule has 2 aromatic heterocycles. The van der Waals surface area contributed by atoms with Crippen LogP contribution in [0.2, 0.25) is 0 Å². The van der Waals surface area contributed by atoms with E-state index < -0.39 is 34.8 Å².